The number of carbonyl (C=O) groups excluding carboxylic acids is 1. The minimum atomic E-state index is -0.0317. The highest BCUT2D eigenvalue weighted by atomic mass is 35.5. The van der Waals surface area contributed by atoms with Crippen LogP contribution >= 0.6 is 12.4 Å². The van der Waals surface area contributed by atoms with Crippen molar-refractivity contribution in [1.82, 2.24) is 10.6 Å². The van der Waals surface area contributed by atoms with Crippen molar-refractivity contribution in [1.29, 1.82) is 0 Å². The van der Waals surface area contributed by atoms with Gasteiger partial charge in [0.2, 0.25) is 0 Å². The van der Waals surface area contributed by atoms with Crippen molar-refractivity contribution in [3.8, 4) is 5.75 Å². The second kappa shape index (κ2) is 7.24. The van der Waals surface area contributed by atoms with E-state index in [1.165, 1.54) is 0 Å². The van der Waals surface area contributed by atoms with Crippen molar-refractivity contribution >= 4 is 18.3 Å². The number of rotatable bonds is 4. The summed E-state index contributed by atoms with van der Waals surface area (Å²) in [5.41, 5.74) is 0.648. The predicted octanol–water partition coefficient (Wildman–Crippen LogP) is 1.46. The molecule has 1 amide bonds. The minimum absolute atomic E-state index is 0. The molecule has 4 nitrogen and oxygen atoms in total. The van der Waals surface area contributed by atoms with E-state index in [2.05, 4.69) is 10.6 Å². The summed E-state index contributed by atoms with van der Waals surface area (Å²) in [4.78, 5) is 11.9. The van der Waals surface area contributed by atoms with E-state index in [1.807, 2.05) is 12.1 Å². The summed E-state index contributed by atoms with van der Waals surface area (Å²) in [6, 6.07) is 7.20. The highest BCUT2D eigenvalue weighted by Crippen LogP contribution is 2.12. The largest absolute Gasteiger partial charge is 0.497 e. The van der Waals surface area contributed by atoms with Crippen LogP contribution in [-0.2, 0) is 0 Å². The molecule has 100 valence electrons. The summed E-state index contributed by atoms with van der Waals surface area (Å²) in [7, 11) is 1.60. The van der Waals surface area contributed by atoms with Crippen LogP contribution in [0.3, 0.4) is 0 Å². The van der Waals surface area contributed by atoms with Gasteiger partial charge in [0, 0.05) is 12.1 Å². The fourth-order valence-electron chi connectivity index (χ4n) is 1.99. The third-order valence-electron chi connectivity index (χ3n) is 3.05. The number of nitrogens with one attached hydrogen (secondary N) is 2. The van der Waals surface area contributed by atoms with Crippen molar-refractivity contribution in [3.63, 3.8) is 0 Å². The second-order valence-corrected chi connectivity index (χ2v) is 4.30. The lowest BCUT2D eigenvalue weighted by atomic mass is 10.1. The molecular formula is C13H19ClN2O2. The number of benzene rings is 1. The smallest absolute Gasteiger partial charge is 0.251 e. The van der Waals surface area contributed by atoms with E-state index in [-0.39, 0.29) is 18.3 Å². The van der Waals surface area contributed by atoms with Gasteiger partial charge in [-0.2, -0.15) is 0 Å². The maximum atomic E-state index is 11.9. The highest BCUT2D eigenvalue weighted by Gasteiger charge is 2.15. The molecule has 1 unspecified atom stereocenters. The Kier molecular flexibility index (Phi) is 5.95. The molecule has 1 saturated heterocycles. The van der Waals surface area contributed by atoms with Gasteiger partial charge in [0.25, 0.3) is 5.91 Å². The molecule has 0 aromatic heterocycles. The van der Waals surface area contributed by atoms with Crippen molar-refractivity contribution in [2.24, 2.45) is 5.92 Å². The van der Waals surface area contributed by atoms with E-state index in [1.54, 1.807) is 19.2 Å². The van der Waals surface area contributed by atoms with Crippen molar-refractivity contribution in [2.45, 2.75) is 6.42 Å². The Balaban J connectivity index is 0.00000162. The van der Waals surface area contributed by atoms with Crippen molar-refractivity contribution < 1.29 is 9.53 Å². The number of methoxy groups -OCH3 is 1. The fraction of sp³-hybridized carbons (Fsp3) is 0.462. The quantitative estimate of drug-likeness (QED) is 0.871. The Hall–Kier alpha value is -1.26. The Morgan fingerprint density at radius 2 is 2.39 bits per heavy atom. The Morgan fingerprint density at radius 1 is 1.56 bits per heavy atom. The standard InChI is InChI=1S/C13H18N2O2.ClH/c1-17-12-4-2-3-11(7-12)13(16)15-9-10-5-6-14-8-10;/h2-4,7,10,14H,5-6,8-9H2,1H3,(H,15,16);1H. The average molecular weight is 271 g/mol. The second-order valence-electron chi connectivity index (χ2n) is 4.30. The third-order valence-corrected chi connectivity index (χ3v) is 3.05. The van der Waals surface area contributed by atoms with Crippen LogP contribution in [0.4, 0.5) is 0 Å². The summed E-state index contributed by atoms with van der Waals surface area (Å²) >= 11 is 0. The van der Waals surface area contributed by atoms with Crippen LogP contribution in [0.15, 0.2) is 24.3 Å². The molecule has 2 rings (SSSR count). The first-order chi connectivity index (χ1) is 8.29. The summed E-state index contributed by atoms with van der Waals surface area (Å²) in [6.45, 7) is 2.79. The van der Waals surface area contributed by atoms with Crippen molar-refractivity contribution in [2.75, 3.05) is 26.7 Å². The number of hydrogen-bond acceptors (Lipinski definition) is 3. The van der Waals surface area contributed by atoms with Gasteiger partial charge in [-0.25, -0.2) is 0 Å². The number of ether oxygens (including phenoxy) is 1. The van der Waals surface area contributed by atoms with Crippen LogP contribution in [-0.4, -0.2) is 32.7 Å². The van der Waals surface area contributed by atoms with E-state index >= 15 is 0 Å². The molecule has 0 spiro atoms. The first-order valence-corrected chi connectivity index (χ1v) is 5.92. The van der Waals surface area contributed by atoms with Crippen LogP contribution in [0, 0.1) is 5.92 Å². The molecule has 1 atom stereocenters. The van der Waals surface area contributed by atoms with Gasteiger partial charge in [-0.05, 0) is 43.6 Å². The van der Waals surface area contributed by atoms with Gasteiger partial charge in [0.15, 0.2) is 0 Å². The van der Waals surface area contributed by atoms with Crippen LogP contribution in [0.25, 0.3) is 0 Å². The lowest BCUT2D eigenvalue weighted by molar-refractivity contribution is 0.0948. The van der Waals surface area contributed by atoms with Gasteiger partial charge >= 0.3 is 0 Å². The lowest BCUT2D eigenvalue weighted by Crippen LogP contribution is -2.30. The number of hydrogen-bond donors (Lipinski definition) is 2. The molecule has 1 aliphatic rings. The zero-order valence-corrected chi connectivity index (χ0v) is 11.3. The molecule has 0 radical (unpaired) electrons. The molecule has 1 fully saturated rings. The van der Waals surface area contributed by atoms with E-state index in [0.29, 0.717) is 17.2 Å². The number of halogens is 1. The van der Waals surface area contributed by atoms with Crippen LogP contribution < -0.4 is 15.4 Å². The molecule has 1 heterocycles. The van der Waals surface area contributed by atoms with Crippen LogP contribution in [0.5, 0.6) is 5.75 Å². The summed E-state index contributed by atoms with van der Waals surface area (Å²) in [5, 5.41) is 6.24. The maximum absolute atomic E-state index is 11.9. The average Bonchev–Trinajstić information content (AvgIpc) is 2.89. The molecule has 18 heavy (non-hydrogen) atoms. The van der Waals surface area contributed by atoms with Crippen LogP contribution in [0.2, 0.25) is 0 Å². The maximum Gasteiger partial charge on any atom is 0.251 e. The zero-order chi connectivity index (χ0) is 12.1. The van der Waals surface area contributed by atoms with E-state index < -0.39 is 0 Å². The SMILES string of the molecule is COc1cccc(C(=O)NCC2CCNC2)c1.Cl. The molecule has 1 aromatic carbocycles. The van der Waals surface area contributed by atoms with Gasteiger partial charge in [0.1, 0.15) is 5.75 Å². The Labute approximate surface area is 114 Å². The first kappa shape index (κ1) is 14.8. The molecule has 1 aromatic rings. The molecule has 1 aliphatic heterocycles. The summed E-state index contributed by atoms with van der Waals surface area (Å²) in [5.74, 6) is 1.24. The molecule has 0 bridgehead atoms. The van der Waals surface area contributed by atoms with Gasteiger partial charge in [-0.1, -0.05) is 6.07 Å². The van der Waals surface area contributed by atoms with E-state index in [4.69, 9.17) is 4.74 Å². The fourth-order valence-corrected chi connectivity index (χ4v) is 1.99. The summed E-state index contributed by atoms with van der Waals surface area (Å²) in [6.07, 6.45) is 1.14. The third kappa shape index (κ3) is 3.89. The minimum Gasteiger partial charge on any atom is -0.497 e. The Bertz CT molecular complexity index is 392. The Morgan fingerprint density at radius 3 is 3.06 bits per heavy atom. The lowest BCUT2D eigenvalue weighted by Gasteiger charge is -2.10. The van der Waals surface area contributed by atoms with E-state index in [0.717, 1.165) is 26.1 Å². The first-order valence-electron chi connectivity index (χ1n) is 5.92. The van der Waals surface area contributed by atoms with Gasteiger partial charge < -0.3 is 15.4 Å². The topological polar surface area (TPSA) is 50.4 Å². The van der Waals surface area contributed by atoms with Gasteiger partial charge in [-0.15, -0.1) is 12.4 Å². The summed E-state index contributed by atoms with van der Waals surface area (Å²) < 4.78 is 5.09. The van der Waals surface area contributed by atoms with Crippen molar-refractivity contribution in [3.05, 3.63) is 29.8 Å². The molecular weight excluding hydrogens is 252 g/mol. The molecule has 2 N–H and O–H groups in total. The molecule has 0 saturated carbocycles. The number of carbonyl (C=O) groups is 1. The number of amides is 1. The van der Waals surface area contributed by atoms with Gasteiger partial charge in [-0.3, -0.25) is 4.79 Å². The predicted molar refractivity (Wildman–Crippen MR) is 73.6 cm³/mol. The molecule has 0 aliphatic carbocycles. The van der Waals surface area contributed by atoms with E-state index in [9.17, 15) is 4.79 Å². The zero-order valence-electron chi connectivity index (χ0n) is 10.4. The normalized spacial score (nSPS) is 17.9. The monoisotopic (exact) mass is 270 g/mol. The van der Waals surface area contributed by atoms with Gasteiger partial charge in [0.05, 0.1) is 7.11 Å². The molecule has 5 heteroatoms. The highest BCUT2D eigenvalue weighted by molar-refractivity contribution is 5.94. The van der Waals surface area contributed by atoms with Crippen LogP contribution in [0.1, 0.15) is 16.8 Å².